The number of rotatable bonds is 3. The van der Waals surface area contributed by atoms with Gasteiger partial charge in [0.2, 0.25) is 0 Å². The van der Waals surface area contributed by atoms with Gasteiger partial charge in [-0.25, -0.2) is 9.97 Å². The van der Waals surface area contributed by atoms with E-state index in [9.17, 15) is 4.79 Å². The lowest BCUT2D eigenvalue weighted by atomic mass is 10.1. The summed E-state index contributed by atoms with van der Waals surface area (Å²) < 4.78 is 0. The summed E-state index contributed by atoms with van der Waals surface area (Å²) in [6, 6.07) is 18.0. The van der Waals surface area contributed by atoms with E-state index in [-0.39, 0.29) is 15.8 Å². The number of nitrogen functional groups attached to an aromatic ring is 1. The third-order valence-electron chi connectivity index (χ3n) is 3.33. The smallest absolute Gasteiger partial charge is 0.278 e. The SMILES string of the molecule is N#Cc1cccc(-c2cnc(N)c(C(=O)Nc3ccccc3)n2)c1.[HH].[HH].[HH]. The maximum absolute atomic E-state index is 12.4. The second kappa shape index (κ2) is 6.58. The predicted molar refractivity (Wildman–Crippen MR) is 97.3 cm³/mol. The Morgan fingerprint density at radius 3 is 2.71 bits per heavy atom. The molecule has 1 amide bonds. The number of para-hydroxylation sites is 1. The van der Waals surface area contributed by atoms with E-state index >= 15 is 0 Å². The molecule has 3 rings (SSSR count). The second-order valence-corrected chi connectivity index (χ2v) is 5.00. The van der Waals surface area contributed by atoms with Crippen molar-refractivity contribution in [3.05, 3.63) is 72.1 Å². The molecule has 0 radical (unpaired) electrons. The topological polar surface area (TPSA) is 105 Å². The number of anilines is 2. The van der Waals surface area contributed by atoms with Gasteiger partial charge in [-0.2, -0.15) is 5.26 Å². The number of benzene rings is 2. The number of nitrogens with one attached hydrogen (secondary N) is 1. The molecule has 0 aliphatic carbocycles. The fourth-order valence-corrected chi connectivity index (χ4v) is 2.16. The second-order valence-electron chi connectivity index (χ2n) is 5.00. The van der Waals surface area contributed by atoms with Crippen molar-refractivity contribution in [2.75, 3.05) is 11.1 Å². The highest BCUT2D eigenvalue weighted by Gasteiger charge is 2.15. The largest absolute Gasteiger partial charge is 0.382 e. The first kappa shape index (κ1) is 15.2. The molecule has 0 bridgehead atoms. The van der Waals surface area contributed by atoms with Crippen LogP contribution in [0.2, 0.25) is 0 Å². The quantitative estimate of drug-likeness (QED) is 0.767. The lowest BCUT2D eigenvalue weighted by Crippen LogP contribution is -2.17. The molecule has 0 aliphatic heterocycles. The van der Waals surface area contributed by atoms with Crippen LogP contribution in [0.15, 0.2) is 60.8 Å². The number of hydrogen-bond donors (Lipinski definition) is 2. The minimum Gasteiger partial charge on any atom is -0.382 e. The van der Waals surface area contributed by atoms with Crippen molar-refractivity contribution in [3.8, 4) is 17.3 Å². The molecule has 122 valence electrons. The van der Waals surface area contributed by atoms with E-state index in [0.29, 0.717) is 22.5 Å². The lowest BCUT2D eigenvalue weighted by Gasteiger charge is -2.08. The van der Waals surface area contributed by atoms with Crippen molar-refractivity contribution in [2.45, 2.75) is 0 Å². The van der Waals surface area contributed by atoms with Gasteiger partial charge >= 0.3 is 0 Å². The van der Waals surface area contributed by atoms with Gasteiger partial charge in [-0.3, -0.25) is 4.79 Å². The number of carbonyl (C=O) groups is 1. The number of nitriles is 1. The van der Waals surface area contributed by atoms with E-state index in [1.807, 2.05) is 18.2 Å². The van der Waals surface area contributed by atoms with Gasteiger partial charge in [-0.05, 0) is 24.3 Å². The number of nitrogens with two attached hydrogens (primary N) is 1. The third-order valence-corrected chi connectivity index (χ3v) is 3.33. The van der Waals surface area contributed by atoms with Crippen molar-refractivity contribution in [2.24, 2.45) is 0 Å². The van der Waals surface area contributed by atoms with Crippen LogP contribution >= 0.6 is 0 Å². The summed E-state index contributed by atoms with van der Waals surface area (Å²) >= 11 is 0. The van der Waals surface area contributed by atoms with Crippen molar-refractivity contribution in [3.63, 3.8) is 0 Å². The minimum absolute atomic E-state index is 0. The first-order chi connectivity index (χ1) is 11.7. The van der Waals surface area contributed by atoms with Crippen LogP contribution in [0.4, 0.5) is 11.5 Å². The summed E-state index contributed by atoms with van der Waals surface area (Å²) in [6.45, 7) is 0. The average Bonchev–Trinajstić information content (AvgIpc) is 2.63. The summed E-state index contributed by atoms with van der Waals surface area (Å²) in [5, 5.41) is 11.7. The number of aromatic nitrogens is 2. The highest BCUT2D eigenvalue weighted by atomic mass is 16.1. The molecule has 1 heterocycles. The predicted octanol–water partition coefficient (Wildman–Crippen LogP) is 3.59. The lowest BCUT2D eigenvalue weighted by molar-refractivity contribution is 0.102. The normalized spacial score (nSPS) is 9.96. The fraction of sp³-hybridized carbons (Fsp3) is 0. The summed E-state index contributed by atoms with van der Waals surface area (Å²) in [7, 11) is 0. The van der Waals surface area contributed by atoms with Crippen LogP contribution in [0.25, 0.3) is 11.3 Å². The van der Waals surface area contributed by atoms with Crippen LogP contribution in [-0.2, 0) is 0 Å². The maximum atomic E-state index is 12.4. The van der Waals surface area contributed by atoms with Crippen LogP contribution in [0.1, 0.15) is 20.3 Å². The molecule has 1 aromatic heterocycles. The molecular formula is C18H19N5O. The number of nitrogens with zero attached hydrogens (tertiary/aromatic N) is 3. The van der Waals surface area contributed by atoms with Crippen molar-refractivity contribution >= 4 is 17.4 Å². The molecule has 6 heteroatoms. The van der Waals surface area contributed by atoms with Crippen LogP contribution < -0.4 is 11.1 Å². The van der Waals surface area contributed by atoms with E-state index in [4.69, 9.17) is 11.0 Å². The molecule has 0 fully saturated rings. The highest BCUT2D eigenvalue weighted by Crippen LogP contribution is 2.20. The summed E-state index contributed by atoms with van der Waals surface area (Å²) in [5.74, 6) is -0.395. The number of amides is 1. The summed E-state index contributed by atoms with van der Waals surface area (Å²) in [5.41, 5.74) is 8.13. The van der Waals surface area contributed by atoms with Crippen LogP contribution in [0, 0.1) is 11.3 Å². The molecule has 6 nitrogen and oxygen atoms in total. The Kier molecular flexibility index (Phi) is 4.17. The number of hydrogen-bond acceptors (Lipinski definition) is 5. The van der Waals surface area contributed by atoms with Gasteiger partial charge in [0.05, 0.1) is 23.5 Å². The molecule has 0 saturated heterocycles. The Morgan fingerprint density at radius 2 is 1.96 bits per heavy atom. The minimum atomic E-state index is -0.440. The Morgan fingerprint density at radius 1 is 1.17 bits per heavy atom. The molecule has 24 heavy (non-hydrogen) atoms. The van der Waals surface area contributed by atoms with Crippen LogP contribution in [-0.4, -0.2) is 15.9 Å². The van der Waals surface area contributed by atoms with E-state index in [1.165, 1.54) is 6.20 Å². The highest BCUT2D eigenvalue weighted by molar-refractivity contribution is 6.05. The zero-order chi connectivity index (χ0) is 16.9. The number of carbonyl (C=O) groups excluding carboxylic acids is 1. The Labute approximate surface area is 143 Å². The molecular weight excluding hydrogens is 302 g/mol. The maximum Gasteiger partial charge on any atom is 0.278 e. The fourth-order valence-electron chi connectivity index (χ4n) is 2.16. The summed E-state index contributed by atoms with van der Waals surface area (Å²) in [6.07, 6.45) is 1.48. The summed E-state index contributed by atoms with van der Waals surface area (Å²) in [4.78, 5) is 20.7. The zero-order valence-corrected chi connectivity index (χ0v) is 12.6. The Bertz CT molecular complexity index is 945. The van der Waals surface area contributed by atoms with Crippen molar-refractivity contribution < 1.29 is 9.07 Å². The van der Waals surface area contributed by atoms with E-state index in [2.05, 4.69) is 21.4 Å². The standard InChI is InChI=1S/C18H13N5O.3H2/c19-10-12-5-4-6-13(9-12)15-11-21-17(20)16(23-15)18(24)22-14-7-2-1-3-8-14;;;/h1-9,11H,(H2,20,21)(H,22,24);3*1H. The van der Waals surface area contributed by atoms with Gasteiger partial charge in [0.25, 0.3) is 5.91 Å². The van der Waals surface area contributed by atoms with Crippen LogP contribution in [0.3, 0.4) is 0 Å². The molecule has 0 saturated carbocycles. The molecule has 3 N–H and O–H groups in total. The van der Waals surface area contributed by atoms with Gasteiger partial charge in [0.15, 0.2) is 11.5 Å². The van der Waals surface area contributed by atoms with Crippen molar-refractivity contribution in [1.82, 2.24) is 9.97 Å². The monoisotopic (exact) mass is 321 g/mol. The van der Waals surface area contributed by atoms with Gasteiger partial charge in [-0.1, -0.05) is 30.3 Å². The molecule has 2 aromatic carbocycles. The van der Waals surface area contributed by atoms with E-state index in [1.54, 1.807) is 36.4 Å². The molecule has 0 unspecified atom stereocenters. The van der Waals surface area contributed by atoms with E-state index < -0.39 is 5.91 Å². The van der Waals surface area contributed by atoms with Crippen LogP contribution in [0.5, 0.6) is 0 Å². The molecule has 0 aliphatic rings. The Balaban J connectivity index is 0.00000225. The van der Waals surface area contributed by atoms with Gasteiger partial charge < -0.3 is 11.1 Å². The van der Waals surface area contributed by atoms with Gasteiger partial charge in [-0.15, -0.1) is 0 Å². The molecule has 3 aromatic rings. The van der Waals surface area contributed by atoms with Crippen molar-refractivity contribution in [1.29, 1.82) is 5.26 Å². The Hall–Kier alpha value is -3.72. The zero-order valence-electron chi connectivity index (χ0n) is 12.6. The van der Waals surface area contributed by atoms with Gasteiger partial charge in [0, 0.05) is 15.5 Å². The third kappa shape index (κ3) is 3.20. The molecule has 0 atom stereocenters. The van der Waals surface area contributed by atoms with E-state index in [0.717, 1.165) is 0 Å². The van der Waals surface area contributed by atoms with Gasteiger partial charge in [0.1, 0.15) is 0 Å². The molecule has 0 spiro atoms. The average molecular weight is 321 g/mol. The first-order valence-electron chi connectivity index (χ1n) is 7.17. The first-order valence-corrected chi connectivity index (χ1v) is 7.17.